The van der Waals surface area contributed by atoms with E-state index in [1.54, 1.807) is 12.1 Å². The molecule has 0 fully saturated rings. The largest absolute Gasteiger partial charge is 0.494 e. The number of rotatable bonds is 6. The normalized spacial score (nSPS) is 15.8. The number of carbonyl (C=O) groups is 2. The Morgan fingerprint density at radius 1 is 0.971 bits per heavy atom. The molecule has 1 amide bonds. The Balaban J connectivity index is 1.95. The zero-order chi connectivity index (χ0) is 24.5. The second-order valence-corrected chi connectivity index (χ2v) is 9.35. The molecule has 0 saturated heterocycles. The standard InChI is InChI=1S/C28H38N2O4/c1-4-34-25-13-10-22(11-14-25)19-29-16-8-6-5-7-9-17-30(27(31)21(2)3)26-15-12-23(28(32)33)18-24(26)20-29/h10-15,18,21H,4-9,16-17,19-20H2,1-3H3,(H,32,33). The first-order chi connectivity index (χ1) is 16.4. The fourth-order valence-corrected chi connectivity index (χ4v) is 4.48. The average Bonchev–Trinajstić information content (AvgIpc) is 2.81. The van der Waals surface area contributed by atoms with Crippen LogP contribution in [-0.2, 0) is 17.9 Å². The van der Waals surface area contributed by atoms with Gasteiger partial charge in [0, 0.05) is 31.2 Å². The molecule has 0 saturated carbocycles. The molecule has 184 valence electrons. The molecule has 6 nitrogen and oxygen atoms in total. The number of anilines is 1. The lowest BCUT2D eigenvalue weighted by molar-refractivity contribution is -0.121. The molecule has 34 heavy (non-hydrogen) atoms. The fraction of sp³-hybridized carbons (Fsp3) is 0.500. The van der Waals surface area contributed by atoms with Gasteiger partial charge >= 0.3 is 5.97 Å². The Morgan fingerprint density at radius 2 is 1.65 bits per heavy atom. The SMILES string of the molecule is CCOc1ccc(CN2CCCCCCCN(C(=O)C(C)C)c3ccc(C(=O)O)cc3C2)cc1. The number of carbonyl (C=O) groups excluding carboxylic acids is 1. The van der Waals surface area contributed by atoms with Gasteiger partial charge in [-0.2, -0.15) is 0 Å². The Bertz CT molecular complexity index is 955. The number of fused-ring (bicyclic) bond motifs is 1. The first kappa shape index (κ1) is 25.8. The van der Waals surface area contributed by atoms with Crippen LogP contribution in [0.25, 0.3) is 0 Å². The Hall–Kier alpha value is -2.86. The molecule has 0 aliphatic carbocycles. The maximum atomic E-state index is 13.1. The highest BCUT2D eigenvalue weighted by atomic mass is 16.5. The lowest BCUT2D eigenvalue weighted by atomic mass is 10.0. The van der Waals surface area contributed by atoms with Gasteiger partial charge in [0.15, 0.2) is 0 Å². The van der Waals surface area contributed by atoms with Gasteiger partial charge in [-0.15, -0.1) is 0 Å². The van der Waals surface area contributed by atoms with Crippen molar-refractivity contribution < 1.29 is 19.4 Å². The number of carboxylic acids is 1. The molecule has 1 heterocycles. The molecule has 1 aliphatic heterocycles. The van der Waals surface area contributed by atoms with Crippen molar-refractivity contribution >= 4 is 17.6 Å². The highest BCUT2D eigenvalue weighted by Gasteiger charge is 2.23. The summed E-state index contributed by atoms with van der Waals surface area (Å²) in [6, 6.07) is 13.3. The average molecular weight is 467 g/mol. The van der Waals surface area contributed by atoms with Crippen LogP contribution in [0.5, 0.6) is 5.75 Å². The summed E-state index contributed by atoms with van der Waals surface area (Å²) in [6.45, 7) is 9.37. The second-order valence-electron chi connectivity index (χ2n) is 9.35. The minimum absolute atomic E-state index is 0.0828. The van der Waals surface area contributed by atoms with Crippen LogP contribution in [-0.4, -0.2) is 41.6 Å². The maximum absolute atomic E-state index is 13.1. The molecule has 1 aliphatic rings. The van der Waals surface area contributed by atoms with Gasteiger partial charge in [0.05, 0.1) is 12.2 Å². The van der Waals surface area contributed by atoms with E-state index >= 15 is 0 Å². The van der Waals surface area contributed by atoms with Crippen molar-refractivity contribution in [1.29, 1.82) is 0 Å². The lowest BCUT2D eigenvalue weighted by Gasteiger charge is -2.30. The zero-order valence-corrected chi connectivity index (χ0v) is 20.8. The highest BCUT2D eigenvalue weighted by molar-refractivity contribution is 5.96. The molecule has 0 bridgehead atoms. The highest BCUT2D eigenvalue weighted by Crippen LogP contribution is 2.28. The van der Waals surface area contributed by atoms with Crippen LogP contribution in [0.4, 0.5) is 5.69 Å². The number of nitrogens with zero attached hydrogens (tertiary/aromatic N) is 2. The third-order valence-corrected chi connectivity index (χ3v) is 6.27. The molecule has 2 aromatic carbocycles. The van der Waals surface area contributed by atoms with Crippen LogP contribution >= 0.6 is 0 Å². The third-order valence-electron chi connectivity index (χ3n) is 6.27. The summed E-state index contributed by atoms with van der Waals surface area (Å²) in [5.74, 6) is -0.132. The summed E-state index contributed by atoms with van der Waals surface area (Å²) in [5.41, 5.74) is 3.16. The first-order valence-electron chi connectivity index (χ1n) is 12.5. The van der Waals surface area contributed by atoms with Gasteiger partial charge in [-0.1, -0.05) is 45.2 Å². The van der Waals surface area contributed by atoms with Crippen molar-refractivity contribution in [2.75, 3.05) is 24.6 Å². The number of ether oxygens (including phenoxy) is 1. The monoisotopic (exact) mass is 466 g/mol. The summed E-state index contributed by atoms with van der Waals surface area (Å²) in [5, 5.41) is 9.62. The van der Waals surface area contributed by atoms with Gasteiger partial charge in [-0.3, -0.25) is 9.69 Å². The van der Waals surface area contributed by atoms with E-state index in [9.17, 15) is 14.7 Å². The molecule has 3 rings (SSSR count). The molecule has 0 aromatic heterocycles. The van der Waals surface area contributed by atoms with Crippen molar-refractivity contribution in [3.8, 4) is 5.75 Å². The quantitative estimate of drug-likeness (QED) is 0.588. The molecule has 6 heteroatoms. The summed E-state index contributed by atoms with van der Waals surface area (Å²) >= 11 is 0. The Morgan fingerprint density at radius 3 is 2.29 bits per heavy atom. The van der Waals surface area contributed by atoms with E-state index in [0.717, 1.165) is 62.2 Å². The third kappa shape index (κ3) is 7.07. The fourth-order valence-electron chi connectivity index (χ4n) is 4.48. The smallest absolute Gasteiger partial charge is 0.335 e. The maximum Gasteiger partial charge on any atom is 0.335 e. The molecule has 0 radical (unpaired) electrons. The summed E-state index contributed by atoms with van der Waals surface area (Å²) in [4.78, 5) is 29.1. The van der Waals surface area contributed by atoms with Gasteiger partial charge in [0.2, 0.25) is 5.91 Å². The molecule has 2 aromatic rings. The summed E-state index contributed by atoms with van der Waals surface area (Å²) in [7, 11) is 0. The van der Waals surface area contributed by atoms with E-state index in [1.165, 1.54) is 5.56 Å². The van der Waals surface area contributed by atoms with Crippen molar-refractivity contribution in [2.45, 2.75) is 66.0 Å². The second kappa shape index (κ2) is 12.6. The predicted octanol–water partition coefficient (Wildman–Crippen LogP) is 5.74. The van der Waals surface area contributed by atoms with Crippen molar-refractivity contribution in [1.82, 2.24) is 4.90 Å². The van der Waals surface area contributed by atoms with Crippen LogP contribution in [0.3, 0.4) is 0 Å². The zero-order valence-electron chi connectivity index (χ0n) is 20.8. The van der Waals surface area contributed by atoms with Crippen LogP contribution in [0.1, 0.15) is 74.4 Å². The molecule has 1 N–H and O–H groups in total. The van der Waals surface area contributed by atoms with Gasteiger partial charge in [-0.25, -0.2) is 4.79 Å². The van der Waals surface area contributed by atoms with Gasteiger partial charge in [-0.05, 0) is 67.8 Å². The van der Waals surface area contributed by atoms with Gasteiger partial charge < -0.3 is 14.7 Å². The van der Waals surface area contributed by atoms with Gasteiger partial charge in [0.25, 0.3) is 0 Å². The summed E-state index contributed by atoms with van der Waals surface area (Å²) in [6.07, 6.45) is 5.45. The number of hydrogen-bond acceptors (Lipinski definition) is 4. The van der Waals surface area contributed by atoms with Crippen molar-refractivity contribution in [2.24, 2.45) is 5.92 Å². The van der Waals surface area contributed by atoms with Crippen LogP contribution in [0.2, 0.25) is 0 Å². The number of amides is 1. The van der Waals surface area contributed by atoms with Crippen molar-refractivity contribution in [3.05, 3.63) is 59.2 Å². The molecular formula is C28H38N2O4. The molecular weight excluding hydrogens is 428 g/mol. The minimum atomic E-state index is -0.950. The molecule has 0 atom stereocenters. The number of aromatic carboxylic acids is 1. The number of hydrogen-bond donors (Lipinski definition) is 1. The Kier molecular flexibility index (Phi) is 9.52. The van der Waals surface area contributed by atoms with E-state index in [0.29, 0.717) is 19.7 Å². The first-order valence-corrected chi connectivity index (χ1v) is 12.5. The van der Waals surface area contributed by atoms with Crippen LogP contribution in [0.15, 0.2) is 42.5 Å². The lowest BCUT2D eigenvalue weighted by Crippen LogP contribution is -2.37. The number of carboxylic acid groups (broad SMARTS) is 1. The van der Waals surface area contributed by atoms with Gasteiger partial charge in [0.1, 0.15) is 5.75 Å². The predicted molar refractivity (Wildman–Crippen MR) is 135 cm³/mol. The molecule has 0 spiro atoms. The van der Waals surface area contributed by atoms with Crippen LogP contribution < -0.4 is 9.64 Å². The van der Waals surface area contributed by atoms with E-state index in [1.807, 2.05) is 43.9 Å². The Labute approximate surface area is 203 Å². The van der Waals surface area contributed by atoms with E-state index < -0.39 is 5.97 Å². The van der Waals surface area contributed by atoms with E-state index in [-0.39, 0.29) is 17.4 Å². The number of benzene rings is 2. The topological polar surface area (TPSA) is 70.1 Å². The summed E-state index contributed by atoms with van der Waals surface area (Å²) < 4.78 is 5.57. The van der Waals surface area contributed by atoms with E-state index in [4.69, 9.17) is 4.74 Å². The molecule has 0 unspecified atom stereocenters. The van der Waals surface area contributed by atoms with E-state index in [2.05, 4.69) is 17.0 Å². The van der Waals surface area contributed by atoms with Crippen LogP contribution in [0, 0.1) is 5.92 Å². The van der Waals surface area contributed by atoms with Crippen molar-refractivity contribution in [3.63, 3.8) is 0 Å². The minimum Gasteiger partial charge on any atom is -0.494 e.